The lowest BCUT2D eigenvalue weighted by atomic mass is 9.91. The molecule has 0 amide bonds. The van der Waals surface area contributed by atoms with E-state index in [2.05, 4.69) is 31.4 Å². The third kappa shape index (κ3) is 2.30. The molecular formula is C17H25N3. The molecule has 0 unspecified atom stereocenters. The van der Waals surface area contributed by atoms with E-state index in [0.29, 0.717) is 6.04 Å². The summed E-state index contributed by atoms with van der Waals surface area (Å²) in [6.45, 7) is 6.74. The molecule has 1 aromatic heterocycles. The van der Waals surface area contributed by atoms with Crippen molar-refractivity contribution in [2.45, 2.75) is 64.3 Å². The van der Waals surface area contributed by atoms with Crippen LogP contribution in [-0.4, -0.2) is 9.55 Å². The minimum atomic E-state index is 0.0607. The summed E-state index contributed by atoms with van der Waals surface area (Å²) in [5, 5.41) is 0. The monoisotopic (exact) mass is 271 g/mol. The Morgan fingerprint density at radius 3 is 2.50 bits per heavy atom. The molecule has 1 heterocycles. The summed E-state index contributed by atoms with van der Waals surface area (Å²) in [5.74, 6) is 1.20. The molecule has 2 N–H and O–H groups in total. The standard InChI is InChI=1S/C17H25N3/c1-17(2,3)16-19-14-11-12(18)9-10-15(14)20(16)13-7-5-4-6-8-13/h9-11,13H,4-8,18H2,1-3H3. The Bertz CT molecular complexity index is 613. The van der Waals surface area contributed by atoms with Crippen LogP contribution >= 0.6 is 0 Å². The summed E-state index contributed by atoms with van der Waals surface area (Å²) >= 11 is 0. The number of hydrogen-bond donors (Lipinski definition) is 1. The van der Waals surface area contributed by atoms with E-state index in [1.54, 1.807) is 0 Å². The largest absolute Gasteiger partial charge is 0.399 e. The van der Waals surface area contributed by atoms with Crippen molar-refractivity contribution in [1.82, 2.24) is 9.55 Å². The topological polar surface area (TPSA) is 43.8 Å². The Morgan fingerprint density at radius 1 is 1.15 bits per heavy atom. The van der Waals surface area contributed by atoms with E-state index in [0.717, 1.165) is 11.2 Å². The molecule has 1 fully saturated rings. The highest BCUT2D eigenvalue weighted by Gasteiger charge is 2.27. The van der Waals surface area contributed by atoms with E-state index < -0.39 is 0 Å². The van der Waals surface area contributed by atoms with E-state index in [1.165, 1.54) is 43.4 Å². The zero-order chi connectivity index (χ0) is 14.3. The molecule has 1 aliphatic carbocycles. The molecule has 1 aromatic carbocycles. The van der Waals surface area contributed by atoms with Gasteiger partial charge in [-0.3, -0.25) is 0 Å². The first kappa shape index (κ1) is 13.5. The second-order valence-corrected chi connectivity index (χ2v) is 7.10. The second-order valence-electron chi connectivity index (χ2n) is 7.10. The van der Waals surface area contributed by atoms with Crippen LogP contribution in [0.4, 0.5) is 5.69 Å². The highest BCUT2D eigenvalue weighted by atomic mass is 15.1. The number of rotatable bonds is 1. The minimum Gasteiger partial charge on any atom is -0.399 e. The molecule has 3 rings (SSSR count). The number of nitrogens with two attached hydrogens (primary N) is 1. The average molecular weight is 271 g/mol. The van der Waals surface area contributed by atoms with Gasteiger partial charge in [0.25, 0.3) is 0 Å². The van der Waals surface area contributed by atoms with E-state index in [-0.39, 0.29) is 5.41 Å². The maximum Gasteiger partial charge on any atom is 0.115 e. The van der Waals surface area contributed by atoms with Crippen molar-refractivity contribution in [2.24, 2.45) is 0 Å². The third-order valence-electron chi connectivity index (χ3n) is 4.32. The Hall–Kier alpha value is -1.51. The van der Waals surface area contributed by atoms with Crippen molar-refractivity contribution in [1.29, 1.82) is 0 Å². The van der Waals surface area contributed by atoms with Gasteiger partial charge in [-0.05, 0) is 31.0 Å². The van der Waals surface area contributed by atoms with Crippen LogP contribution in [0.3, 0.4) is 0 Å². The summed E-state index contributed by atoms with van der Waals surface area (Å²) in [4.78, 5) is 4.90. The number of nitrogen functional groups attached to an aromatic ring is 1. The van der Waals surface area contributed by atoms with Gasteiger partial charge >= 0.3 is 0 Å². The molecule has 20 heavy (non-hydrogen) atoms. The Kier molecular flexibility index (Phi) is 3.23. The van der Waals surface area contributed by atoms with Gasteiger partial charge < -0.3 is 10.3 Å². The lowest BCUT2D eigenvalue weighted by Crippen LogP contribution is -2.23. The normalized spacial score (nSPS) is 17.8. The van der Waals surface area contributed by atoms with Gasteiger partial charge in [0.15, 0.2) is 0 Å². The maximum atomic E-state index is 5.92. The predicted octanol–water partition coefficient (Wildman–Crippen LogP) is 4.42. The SMILES string of the molecule is CC(C)(C)c1nc2cc(N)ccc2n1C1CCCCC1. The van der Waals surface area contributed by atoms with Crippen LogP contribution in [0.5, 0.6) is 0 Å². The molecule has 1 aliphatic rings. The summed E-state index contributed by atoms with van der Waals surface area (Å²) < 4.78 is 2.49. The lowest BCUT2D eigenvalue weighted by molar-refractivity contribution is 0.337. The van der Waals surface area contributed by atoms with Crippen molar-refractivity contribution in [3.63, 3.8) is 0 Å². The Labute approximate surface area is 121 Å². The van der Waals surface area contributed by atoms with Crippen LogP contribution in [0.1, 0.15) is 64.7 Å². The Morgan fingerprint density at radius 2 is 1.85 bits per heavy atom. The van der Waals surface area contributed by atoms with Crippen LogP contribution in [0.15, 0.2) is 18.2 Å². The highest BCUT2D eigenvalue weighted by Crippen LogP contribution is 2.36. The zero-order valence-electron chi connectivity index (χ0n) is 12.8. The van der Waals surface area contributed by atoms with E-state index in [4.69, 9.17) is 10.7 Å². The van der Waals surface area contributed by atoms with Gasteiger partial charge in [-0.2, -0.15) is 0 Å². The fraction of sp³-hybridized carbons (Fsp3) is 0.588. The predicted molar refractivity (Wildman–Crippen MR) is 85.0 cm³/mol. The molecule has 3 nitrogen and oxygen atoms in total. The maximum absolute atomic E-state index is 5.92. The number of imidazole rings is 1. The van der Waals surface area contributed by atoms with Gasteiger partial charge in [-0.1, -0.05) is 40.0 Å². The van der Waals surface area contributed by atoms with Crippen molar-refractivity contribution in [3.05, 3.63) is 24.0 Å². The molecule has 108 valence electrons. The van der Waals surface area contributed by atoms with E-state index in [1.807, 2.05) is 12.1 Å². The van der Waals surface area contributed by atoms with E-state index >= 15 is 0 Å². The van der Waals surface area contributed by atoms with Crippen LogP contribution < -0.4 is 5.73 Å². The van der Waals surface area contributed by atoms with Gasteiger partial charge in [0.2, 0.25) is 0 Å². The quantitative estimate of drug-likeness (QED) is 0.780. The smallest absolute Gasteiger partial charge is 0.115 e. The Balaban J connectivity index is 2.20. The first-order valence-electron chi connectivity index (χ1n) is 7.75. The summed E-state index contributed by atoms with van der Waals surface area (Å²) in [7, 11) is 0. The molecule has 0 saturated heterocycles. The fourth-order valence-corrected chi connectivity index (χ4v) is 3.35. The molecule has 0 aliphatic heterocycles. The highest BCUT2D eigenvalue weighted by molar-refractivity contribution is 5.80. The van der Waals surface area contributed by atoms with E-state index in [9.17, 15) is 0 Å². The fourth-order valence-electron chi connectivity index (χ4n) is 3.35. The number of hydrogen-bond acceptors (Lipinski definition) is 2. The van der Waals surface area contributed by atoms with Crippen LogP contribution in [0.25, 0.3) is 11.0 Å². The molecule has 1 saturated carbocycles. The lowest BCUT2D eigenvalue weighted by Gasteiger charge is -2.29. The first-order valence-corrected chi connectivity index (χ1v) is 7.75. The van der Waals surface area contributed by atoms with Gasteiger partial charge in [-0.25, -0.2) is 4.98 Å². The number of nitrogens with zero attached hydrogens (tertiary/aromatic N) is 2. The summed E-state index contributed by atoms with van der Waals surface area (Å²) in [6, 6.07) is 6.74. The molecular weight excluding hydrogens is 246 g/mol. The van der Waals surface area contributed by atoms with Gasteiger partial charge in [0, 0.05) is 17.1 Å². The van der Waals surface area contributed by atoms with Crippen molar-refractivity contribution >= 4 is 16.7 Å². The van der Waals surface area contributed by atoms with Crippen LogP contribution in [-0.2, 0) is 5.41 Å². The van der Waals surface area contributed by atoms with Crippen molar-refractivity contribution < 1.29 is 0 Å². The van der Waals surface area contributed by atoms with Crippen LogP contribution in [0, 0.1) is 0 Å². The van der Waals surface area contributed by atoms with Gasteiger partial charge in [-0.15, -0.1) is 0 Å². The summed E-state index contributed by atoms with van der Waals surface area (Å²) in [5.41, 5.74) is 9.07. The first-order chi connectivity index (χ1) is 9.47. The van der Waals surface area contributed by atoms with Crippen molar-refractivity contribution in [2.75, 3.05) is 5.73 Å². The van der Waals surface area contributed by atoms with Gasteiger partial charge in [0.1, 0.15) is 5.82 Å². The average Bonchev–Trinajstić information content (AvgIpc) is 2.78. The third-order valence-corrected chi connectivity index (χ3v) is 4.32. The molecule has 2 aromatic rings. The van der Waals surface area contributed by atoms with Crippen LogP contribution in [0.2, 0.25) is 0 Å². The molecule has 0 atom stereocenters. The second kappa shape index (κ2) is 4.80. The zero-order valence-corrected chi connectivity index (χ0v) is 12.8. The van der Waals surface area contributed by atoms with Gasteiger partial charge in [0.05, 0.1) is 11.0 Å². The number of fused-ring (bicyclic) bond motifs is 1. The van der Waals surface area contributed by atoms with Crippen molar-refractivity contribution in [3.8, 4) is 0 Å². The number of aromatic nitrogens is 2. The number of benzene rings is 1. The number of anilines is 1. The molecule has 3 heteroatoms. The summed E-state index contributed by atoms with van der Waals surface area (Å²) in [6.07, 6.45) is 6.60. The minimum absolute atomic E-state index is 0.0607. The molecule has 0 spiro atoms. The molecule has 0 radical (unpaired) electrons. The molecule has 0 bridgehead atoms.